The van der Waals surface area contributed by atoms with Gasteiger partial charge in [-0.25, -0.2) is 18.1 Å². The molecule has 0 aliphatic rings. The van der Waals surface area contributed by atoms with Crippen molar-refractivity contribution in [2.75, 3.05) is 7.05 Å². The number of hydrogen-bond donors (Lipinski definition) is 1. The molecule has 0 saturated heterocycles. The van der Waals surface area contributed by atoms with E-state index in [-0.39, 0.29) is 0 Å². The largest absolute Gasteiger partial charge is 0.308 e. The smallest absolute Gasteiger partial charge is 0.258 e. The maximum Gasteiger partial charge on any atom is 0.308 e. The van der Waals surface area contributed by atoms with Crippen molar-refractivity contribution in [1.29, 1.82) is 0 Å². The number of pyridine rings is 1. The lowest BCUT2D eigenvalue weighted by Gasteiger charge is -2.00. The van der Waals surface area contributed by atoms with Gasteiger partial charge in [0, 0.05) is 12.3 Å². The number of nitrogens with one attached hydrogen (secondary N) is 1. The van der Waals surface area contributed by atoms with E-state index in [4.69, 9.17) is 0 Å². The second-order valence-electron chi connectivity index (χ2n) is 2.29. The Morgan fingerprint density at radius 2 is 2.21 bits per heavy atom. The van der Waals surface area contributed by atoms with Crippen LogP contribution in [0.4, 0.5) is 5.69 Å². The van der Waals surface area contributed by atoms with Gasteiger partial charge in [-0.3, -0.25) is 10.1 Å². The zero-order valence-electron chi connectivity index (χ0n) is 7.17. The summed E-state index contributed by atoms with van der Waals surface area (Å²) in [6, 6.07) is 2.38. The molecule has 14 heavy (non-hydrogen) atoms. The molecule has 0 aliphatic heterocycles. The molecule has 0 fully saturated rings. The molecule has 0 spiro atoms. The molecule has 7 nitrogen and oxygen atoms in total. The van der Waals surface area contributed by atoms with Crippen LogP contribution in [0.1, 0.15) is 0 Å². The molecule has 1 N–H and O–H groups in total. The minimum atomic E-state index is -3.88. The third kappa shape index (κ3) is 1.86. The molecule has 0 amide bonds. The molecule has 0 saturated carbocycles. The monoisotopic (exact) mass is 217 g/mol. The lowest BCUT2D eigenvalue weighted by atomic mass is 10.4. The topological polar surface area (TPSA) is 102 Å². The molecule has 1 aromatic heterocycles. The van der Waals surface area contributed by atoms with E-state index >= 15 is 0 Å². The van der Waals surface area contributed by atoms with Crippen LogP contribution >= 0.6 is 0 Å². The summed E-state index contributed by atoms with van der Waals surface area (Å²) in [5.74, 6) is 0. The van der Waals surface area contributed by atoms with Crippen molar-refractivity contribution in [3.05, 3.63) is 28.4 Å². The maximum atomic E-state index is 11.2. The Bertz CT molecular complexity index is 456. The van der Waals surface area contributed by atoms with Crippen LogP contribution in [-0.2, 0) is 10.0 Å². The Labute approximate surface area is 80.0 Å². The zero-order chi connectivity index (χ0) is 10.8. The molecule has 0 bridgehead atoms. The van der Waals surface area contributed by atoms with Gasteiger partial charge in [0.1, 0.15) is 0 Å². The number of nitro groups is 1. The van der Waals surface area contributed by atoms with Gasteiger partial charge in [0.2, 0.25) is 5.03 Å². The summed E-state index contributed by atoms with van der Waals surface area (Å²) >= 11 is 0. The van der Waals surface area contributed by atoms with Gasteiger partial charge in [0.05, 0.1) is 4.92 Å². The van der Waals surface area contributed by atoms with E-state index in [1.54, 1.807) is 0 Å². The molecule has 1 rings (SSSR count). The molecule has 0 aliphatic carbocycles. The van der Waals surface area contributed by atoms with E-state index in [1.807, 2.05) is 4.72 Å². The minimum absolute atomic E-state index is 0.540. The van der Waals surface area contributed by atoms with Crippen molar-refractivity contribution in [2.24, 2.45) is 0 Å². The standard InChI is InChI=1S/C6H7N3O4S/c1-7-14(12,13)6-5(9(10)11)3-2-4-8-6/h2-4,7H,1H3. The first-order chi connectivity index (χ1) is 6.49. The number of sulfonamides is 1. The predicted molar refractivity (Wildman–Crippen MR) is 47.1 cm³/mol. The van der Waals surface area contributed by atoms with Crippen molar-refractivity contribution in [3.63, 3.8) is 0 Å². The van der Waals surface area contributed by atoms with Crippen LogP contribution in [0.2, 0.25) is 0 Å². The van der Waals surface area contributed by atoms with Crippen LogP contribution in [0.5, 0.6) is 0 Å². The Kier molecular flexibility index (Phi) is 2.77. The number of hydrogen-bond acceptors (Lipinski definition) is 5. The van der Waals surface area contributed by atoms with Gasteiger partial charge in [-0.1, -0.05) is 0 Å². The van der Waals surface area contributed by atoms with Gasteiger partial charge in [0.15, 0.2) is 0 Å². The fourth-order valence-electron chi connectivity index (χ4n) is 0.825. The van der Waals surface area contributed by atoms with Gasteiger partial charge >= 0.3 is 5.69 Å². The predicted octanol–water partition coefficient (Wildman–Crippen LogP) is -0.102. The second kappa shape index (κ2) is 3.68. The minimum Gasteiger partial charge on any atom is -0.258 e. The quantitative estimate of drug-likeness (QED) is 0.562. The lowest BCUT2D eigenvalue weighted by Crippen LogP contribution is -2.21. The van der Waals surface area contributed by atoms with Crippen molar-refractivity contribution in [3.8, 4) is 0 Å². The van der Waals surface area contributed by atoms with Crippen LogP contribution in [0.15, 0.2) is 23.4 Å². The molecule has 1 aromatic rings. The summed E-state index contributed by atoms with van der Waals surface area (Å²) in [5, 5.41) is 9.88. The number of aromatic nitrogens is 1. The van der Waals surface area contributed by atoms with Crippen LogP contribution < -0.4 is 4.72 Å². The van der Waals surface area contributed by atoms with Gasteiger partial charge in [-0.15, -0.1) is 0 Å². The highest BCUT2D eigenvalue weighted by Crippen LogP contribution is 2.19. The highest BCUT2D eigenvalue weighted by Gasteiger charge is 2.25. The Morgan fingerprint density at radius 3 is 2.71 bits per heavy atom. The Morgan fingerprint density at radius 1 is 1.57 bits per heavy atom. The first-order valence-electron chi connectivity index (χ1n) is 3.52. The molecule has 0 unspecified atom stereocenters. The summed E-state index contributed by atoms with van der Waals surface area (Å²) in [6.45, 7) is 0. The van der Waals surface area contributed by atoms with E-state index in [2.05, 4.69) is 4.98 Å². The van der Waals surface area contributed by atoms with Gasteiger partial charge in [-0.05, 0) is 13.1 Å². The average Bonchev–Trinajstić information content (AvgIpc) is 2.18. The SMILES string of the molecule is CNS(=O)(=O)c1ncccc1[N+](=O)[O-]. The first-order valence-corrected chi connectivity index (χ1v) is 5.00. The molecule has 1 heterocycles. The lowest BCUT2D eigenvalue weighted by molar-refractivity contribution is -0.388. The summed E-state index contributed by atoms with van der Waals surface area (Å²) in [7, 11) is -2.72. The molecule has 0 aromatic carbocycles. The summed E-state index contributed by atoms with van der Waals surface area (Å²) in [5.41, 5.74) is -0.540. The van der Waals surface area contributed by atoms with Crippen molar-refractivity contribution in [2.45, 2.75) is 5.03 Å². The van der Waals surface area contributed by atoms with Crippen LogP contribution in [-0.4, -0.2) is 25.4 Å². The fourth-order valence-corrected chi connectivity index (χ4v) is 1.64. The van der Waals surface area contributed by atoms with E-state index < -0.39 is 25.7 Å². The van der Waals surface area contributed by atoms with Crippen LogP contribution in [0.25, 0.3) is 0 Å². The maximum absolute atomic E-state index is 11.2. The number of rotatable bonds is 3. The highest BCUT2D eigenvalue weighted by molar-refractivity contribution is 7.89. The third-order valence-corrected chi connectivity index (χ3v) is 2.83. The highest BCUT2D eigenvalue weighted by atomic mass is 32.2. The van der Waals surface area contributed by atoms with E-state index in [9.17, 15) is 18.5 Å². The van der Waals surface area contributed by atoms with Crippen LogP contribution in [0, 0.1) is 10.1 Å². The molecular formula is C6H7N3O4S. The molecule has 0 atom stereocenters. The van der Waals surface area contributed by atoms with Crippen molar-refractivity contribution in [1.82, 2.24) is 9.71 Å². The Hall–Kier alpha value is -1.54. The molecule has 0 radical (unpaired) electrons. The summed E-state index contributed by atoms with van der Waals surface area (Å²) in [4.78, 5) is 13.1. The van der Waals surface area contributed by atoms with E-state index in [0.717, 1.165) is 13.1 Å². The number of nitrogens with zero attached hydrogens (tertiary/aromatic N) is 2. The first kappa shape index (κ1) is 10.5. The Balaban J connectivity index is 3.42. The third-order valence-electron chi connectivity index (χ3n) is 1.47. The van der Waals surface area contributed by atoms with Crippen molar-refractivity contribution < 1.29 is 13.3 Å². The van der Waals surface area contributed by atoms with Crippen molar-refractivity contribution >= 4 is 15.7 Å². The fraction of sp³-hybridized carbons (Fsp3) is 0.167. The molecular weight excluding hydrogens is 210 g/mol. The normalized spacial score (nSPS) is 11.2. The zero-order valence-corrected chi connectivity index (χ0v) is 7.98. The van der Waals surface area contributed by atoms with Crippen LogP contribution in [0.3, 0.4) is 0 Å². The van der Waals surface area contributed by atoms with Gasteiger partial charge < -0.3 is 0 Å². The average molecular weight is 217 g/mol. The summed E-state index contributed by atoms with van der Waals surface area (Å²) in [6.07, 6.45) is 1.18. The second-order valence-corrected chi connectivity index (χ2v) is 4.09. The van der Waals surface area contributed by atoms with Gasteiger partial charge in [0.25, 0.3) is 10.0 Å². The van der Waals surface area contributed by atoms with Gasteiger partial charge in [-0.2, -0.15) is 0 Å². The molecule has 76 valence electrons. The summed E-state index contributed by atoms with van der Waals surface area (Å²) < 4.78 is 24.5. The molecule has 8 heteroatoms. The van der Waals surface area contributed by atoms with E-state index in [1.165, 1.54) is 12.3 Å². The van der Waals surface area contributed by atoms with E-state index in [0.29, 0.717) is 0 Å².